The van der Waals surface area contributed by atoms with Crippen LogP contribution in [0.1, 0.15) is 76.5 Å². The molecule has 0 radical (unpaired) electrons. The van der Waals surface area contributed by atoms with E-state index < -0.39 is 6.10 Å². The minimum Gasteiger partial charge on any atom is -0.493 e. The molecule has 40 heavy (non-hydrogen) atoms. The number of aliphatic hydroxyl groups excluding tert-OH is 1. The molecule has 1 amide bonds. The monoisotopic (exact) mass is 570 g/mol. The largest absolute Gasteiger partial charge is 0.493 e. The highest BCUT2D eigenvalue weighted by Gasteiger charge is 2.26. The highest BCUT2D eigenvalue weighted by Crippen LogP contribution is 2.29. The maximum atomic E-state index is 12.2. The summed E-state index contributed by atoms with van der Waals surface area (Å²) in [6.45, 7) is 16.1. The number of amides is 1. The third kappa shape index (κ3) is 12.1. The van der Waals surface area contributed by atoms with E-state index in [0.717, 1.165) is 61.5 Å². The van der Waals surface area contributed by atoms with Gasteiger partial charge < -0.3 is 20.5 Å². The van der Waals surface area contributed by atoms with Crippen LogP contribution in [0.4, 0.5) is 0 Å². The van der Waals surface area contributed by atoms with Crippen LogP contribution in [0.2, 0.25) is 0 Å². The first-order valence-electron chi connectivity index (χ1n) is 14.0. The van der Waals surface area contributed by atoms with Gasteiger partial charge in [0.1, 0.15) is 17.0 Å². The van der Waals surface area contributed by atoms with Gasteiger partial charge in [-0.3, -0.25) is 14.5 Å². The molecule has 2 aliphatic rings. The van der Waals surface area contributed by atoms with Gasteiger partial charge in [-0.25, -0.2) is 4.98 Å². The van der Waals surface area contributed by atoms with E-state index in [1.54, 1.807) is 29.5 Å². The molecule has 1 aliphatic carbocycles. The molecule has 4 rings (SSSR count). The number of fused-ring (bicyclic) bond motifs is 1. The van der Waals surface area contributed by atoms with Crippen LogP contribution in [0.3, 0.4) is 0 Å². The normalized spacial score (nSPS) is 14.3. The zero-order valence-corrected chi connectivity index (χ0v) is 25.3. The fourth-order valence-corrected chi connectivity index (χ4v) is 4.73. The number of nitrogens with one attached hydrogen (secondary N) is 2. The van der Waals surface area contributed by atoms with Crippen LogP contribution in [0.25, 0.3) is 0 Å². The van der Waals surface area contributed by atoms with Crippen molar-refractivity contribution >= 4 is 23.5 Å². The number of allylic oxidation sites excluding steroid dienone is 2. The lowest BCUT2D eigenvalue weighted by atomic mass is 9.97. The lowest BCUT2D eigenvalue weighted by Gasteiger charge is -2.20. The number of aliphatic hydroxyl groups is 1. The highest BCUT2D eigenvalue weighted by molar-refractivity contribution is 7.09. The van der Waals surface area contributed by atoms with Crippen molar-refractivity contribution in [2.75, 3.05) is 33.3 Å². The summed E-state index contributed by atoms with van der Waals surface area (Å²) >= 11 is 1.77. The quantitative estimate of drug-likeness (QED) is 0.193. The summed E-state index contributed by atoms with van der Waals surface area (Å²) in [5.41, 5.74) is 3.91. The first kappa shape index (κ1) is 33.4. The average Bonchev–Trinajstić information content (AvgIpc) is 3.73. The molecule has 9 heteroatoms. The van der Waals surface area contributed by atoms with E-state index >= 15 is 0 Å². The van der Waals surface area contributed by atoms with Crippen molar-refractivity contribution in [1.82, 2.24) is 20.5 Å². The zero-order chi connectivity index (χ0) is 29.5. The molecular formula is C31H46N4O4S. The Morgan fingerprint density at radius 1 is 1.35 bits per heavy atom. The van der Waals surface area contributed by atoms with E-state index in [9.17, 15) is 14.7 Å². The maximum Gasteiger partial charge on any atom is 0.251 e. The third-order valence-electron chi connectivity index (χ3n) is 6.34. The summed E-state index contributed by atoms with van der Waals surface area (Å²) in [6, 6.07) is 4.09. The molecule has 2 heterocycles. The number of aryl methyl sites for hydroxylation is 1. The van der Waals surface area contributed by atoms with E-state index in [2.05, 4.69) is 53.0 Å². The number of aldehydes is 1. The number of aromatic nitrogens is 1. The molecule has 3 N–H and O–H groups in total. The molecule has 2 aromatic rings. The van der Waals surface area contributed by atoms with Gasteiger partial charge in [-0.15, -0.1) is 11.3 Å². The number of nitrogens with zero attached hydrogens (tertiary/aromatic N) is 2. The van der Waals surface area contributed by atoms with Crippen LogP contribution < -0.4 is 15.4 Å². The maximum absolute atomic E-state index is 12.2. The van der Waals surface area contributed by atoms with Gasteiger partial charge in [-0.2, -0.15) is 0 Å². The van der Waals surface area contributed by atoms with Crippen molar-refractivity contribution in [3.8, 4) is 5.75 Å². The average molecular weight is 571 g/mol. The van der Waals surface area contributed by atoms with Crippen LogP contribution in [-0.4, -0.2) is 72.6 Å². The summed E-state index contributed by atoms with van der Waals surface area (Å²) in [4.78, 5) is 30.3. The number of carbonyl (C=O) groups excluding carboxylic acids is 2. The molecule has 0 spiro atoms. The molecular weight excluding hydrogens is 524 g/mol. The first-order chi connectivity index (χ1) is 19.2. The summed E-state index contributed by atoms with van der Waals surface area (Å²) in [6.07, 6.45) is 7.23. The molecule has 220 valence electrons. The molecule has 0 saturated heterocycles. The number of benzene rings is 1. The Bertz CT molecular complexity index is 1110. The SMILES string of the molecule is C=CC(=C)C.CCCNC[C@@H](O)CNC(=O)c1cc(C=O)c2c(c1)OCCC2.Cc1csc(CN(C)C2CC2)n1. The van der Waals surface area contributed by atoms with E-state index in [-0.39, 0.29) is 12.5 Å². The standard InChI is InChI=1S/C17H24N2O4.C9H14N2S.C5H8/c1-2-5-18-9-14(21)10-19-17(22)12-7-13(11-20)15-4-3-6-23-16(15)8-12;1-7-6-12-9(10-7)5-11(2)8-3-4-8;1-4-5(2)3/h7-8,11,14,18,21H,2-6,9-10H2,1H3,(H,19,22);6,8H,3-5H2,1-2H3;4H,1-2H2,3H3/t14-;;/m1../s1. The number of carbonyl (C=O) groups is 2. The molecule has 1 aromatic carbocycles. The predicted octanol–water partition coefficient (Wildman–Crippen LogP) is 4.71. The van der Waals surface area contributed by atoms with Gasteiger partial charge in [0.2, 0.25) is 0 Å². The number of hydrogen-bond donors (Lipinski definition) is 3. The van der Waals surface area contributed by atoms with Gasteiger partial charge in [0.15, 0.2) is 0 Å². The highest BCUT2D eigenvalue weighted by atomic mass is 32.1. The number of hydrogen-bond acceptors (Lipinski definition) is 8. The zero-order valence-electron chi connectivity index (χ0n) is 24.5. The van der Waals surface area contributed by atoms with Crippen molar-refractivity contribution in [2.24, 2.45) is 0 Å². The van der Waals surface area contributed by atoms with Crippen LogP contribution >= 0.6 is 11.3 Å². The second kappa shape index (κ2) is 17.8. The Hall–Kier alpha value is -2.85. The molecule has 1 atom stereocenters. The van der Waals surface area contributed by atoms with Crippen LogP contribution in [0, 0.1) is 6.92 Å². The van der Waals surface area contributed by atoms with Crippen molar-refractivity contribution < 1.29 is 19.4 Å². The molecule has 0 unspecified atom stereocenters. The fraction of sp³-hybridized carbons (Fsp3) is 0.516. The Morgan fingerprint density at radius 3 is 2.65 bits per heavy atom. The Morgan fingerprint density at radius 2 is 2.08 bits per heavy atom. The van der Waals surface area contributed by atoms with Gasteiger partial charge in [0, 0.05) is 46.9 Å². The summed E-state index contributed by atoms with van der Waals surface area (Å²) < 4.78 is 5.55. The smallest absolute Gasteiger partial charge is 0.251 e. The van der Waals surface area contributed by atoms with Gasteiger partial charge in [-0.05, 0) is 71.7 Å². The second-order valence-electron chi connectivity index (χ2n) is 10.3. The summed E-state index contributed by atoms with van der Waals surface area (Å²) in [5.74, 6) is 0.288. The molecule has 1 aliphatic heterocycles. The van der Waals surface area contributed by atoms with E-state index in [0.29, 0.717) is 30.0 Å². The van der Waals surface area contributed by atoms with E-state index in [4.69, 9.17) is 4.74 Å². The van der Waals surface area contributed by atoms with Gasteiger partial charge in [-0.1, -0.05) is 31.7 Å². The topological polar surface area (TPSA) is 104 Å². The van der Waals surface area contributed by atoms with Gasteiger partial charge in [0.05, 0.1) is 19.3 Å². The minimum atomic E-state index is -0.648. The Balaban J connectivity index is 0.000000272. The van der Waals surface area contributed by atoms with Crippen LogP contribution in [-0.2, 0) is 13.0 Å². The lowest BCUT2D eigenvalue weighted by molar-refractivity contribution is 0.0915. The van der Waals surface area contributed by atoms with Crippen molar-refractivity contribution in [2.45, 2.75) is 71.6 Å². The number of thiazole rings is 1. The summed E-state index contributed by atoms with van der Waals surface area (Å²) in [7, 11) is 2.19. The van der Waals surface area contributed by atoms with Crippen molar-refractivity contribution in [3.05, 3.63) is 69.7 Å². The van der Waals surface area contributed by atoms with Gasteiger partial charge >= 0.3 is 0 Å². The predicted molar refractivity (Wildman–Crippen MR) is 163 cm³/mol. The van der Waals surface area contributed by atoms with E-state index in [1.807, 2.05) is 13.8 Å². The number of ether oxygens (including phenoxy) is 1. The Labute approximate surface area is 243 Å². The van der Waals surface area contributed by atoms with E-state index in [1.165, 1.54) is 17.8 Å². The Kier molecular flexibility index (Phi) is 14.8. The molecule has 1 saturated carbocycles. The second-order valence-corrected chi connectivity index (χ2v) is 11.2. The molecule has 1 aromatic heterocycles. The van der Waals surface area contributed by atoms with Crippen molar-refractivity contribution in [1.29, 1.82) is 0 Å². The molecule has 8 nitrogen and oxygen atoms in total. The molecule has 0 bridgehead atoms. The third-order valence-corrected chi connectivity index (χ3v) is 7.29. The summed E-state index contributed by atoms with van der Waals surface area (Å²) in [5, 5.41) is 19.0. The lowest BCUT2D eigenvalue weighted by Crippen LogP contribution is -2.38. The first-order valence-corrected chi connectivity index (χ1v) is 14.9. The fourth-order valence-electron chi connectivity index (χ4n) is 3.89. The number of rotatable bonds is 12. The van der Waals surface area contributed by atoms with Crippen LogP contribution in [0.15, 0.2) is 42.3 Å². The molecule has 1 fully saturated rings. The van der Waals surface area contributed by atoms with Gasteiger partial charge in [0.25, 0.3) is 5.91 Å². The van der Waals surface area contributed by atoms with Crippen LogP contribution in [0.5, 0.6) is 5.75 Å². The van der Waals surface area contributed by atoms with Crippen molar-refractivity contribution in [3.63, 3.8) is 0 Å². The minimum absolute atomic E-state index is 0.157.